The maximum Gasteiger partial charge on any atom is 0.278 e. The highest BCUT2D eigenvalue weighted by atomic mass is 16.6. The highest BCUT2D eigenvalue weighted by molar-refractivity contribution is 6.35. The molecule has 0 saturated carbocycles. The summed E-state index contributed by atoms with van der Waals surface area (Å²) in [6.07, 6.45) is 3.24. The lowest BCUT2D eigenvalue weighted by Gasteiger charge is -2.02. The minimum absolute atomic E-state index is 0.0253. The van der Waals surface area contributed by atoms with E-state index >= 15 is 0 Å². The van der Waals surface area contributed by atoms with Gasteiger partial charge in [0, 0.05) is 28.5 Å². The Labute approximate surface area is 142 Å². The number of amides is 1. The molecule has 2 aromatic carbocycles. The van der Waals surface area contributed by atoms with Crippen LogP contribution in [-0.2, 0) is 4.79 Å². The van der Waals surface area contributed by atoms with Gasteiger partial charge in [-0.3, -0.25) is 20.0 Å². The summed E-state index contributed by atoms with van der Waals surface area (Å²) in [6.45, 7) is 0. The van der Waals surface area contributed by atoms with Gasteiger partial charge in [-0.1, -0.05) is 30.3 Å². The normalized spacial score (nSPS) is 14.4. The molecule has 25 heavy (non-hydrogen) atoms. The van der Waals surface area contributed by atoms with E-state index in [-0.39, 0.29) is 11.6 Å². The lowest BCUT2D eigenvalue weighted by Crippen LogP contribution is -2.03. The largest absolute Gasteiger partial charge is 0.321 e. The number of anilines is 1. The second kappa shape index (κ2) is 5.72. The minimum atomic E-state index is -0.440. The van der Waals surface area contributed by atoms with Crippen molar-refractivity contribution >= 4 is 28.9 Å². The van der Waals surface area contributed by atoms with E-state index in [2.05, 4.69) is 15.5 Å². The van der Waals surface area contributed by atoms with Crippen LogP contribution in [0.15, 0.2) is 54.7 Å². The Morgan fingerprint density at radius 1 is 1.04 bits per heavy atom. The van der Waals surface area contributed by atoms with Crippen LogP contribution in [0.4, 0.5) is 11.4 Å². The fourth-order valence-electron chi connectivity index (χ4n) is 2.90. The number of hydrogen-bond acceptors (Lipinski definition) is 4. The molecule has 1 aromatic heterocycles. The van der Waals surface area contributed by atoms with Crippen molar-refractivity contribution in [2.75, 3.05) is 5.32 Å². The van der Waals surface area contributed by atoms with E-state index in [1.807, 2.05) is 24.3 Å². The van der Waals surface area contributed by atoms with E-state index in [0.717, 1.165) is 11.3 Å². The minimum Gasteiger partial charge on any atom is -0.321 e. The topological polar surface area (TPSA) is 101 Å². The lowest BCUT2D eigenvalue weighted by molar-refractivity contribution is -0.384. The van der Waals surface area contributed by atoms with Gasteiger partial charge in [0.2, 0.25) is 0 Å². The van der Waals surface area contributed by atoms with Crippen molar-refractivity contribution < 1.29 is 9.72 Å². The summed E-state index contributed by atoms with van der Waals surface area (Å²) in [7, 11) is 0. The summed E-state index contributed by atoms with van der Waals surface area (Å²) in [5.41, 5.74) is 3.54. The fourth-order valence-corrected chi connectivity index (χ4v) is 2.90. The monoisotopic (exact) mass is 332 g/mol. The Hall–Kier alpha value is -3.74. The molecule has 122 valence electrons. The van der Waals surface area contributed by atoms with E-state index in [4.69, 9.17) is 0 Å². The number of rotatable bonds is 3. The molecular formula is C18H12N4O3. The number of para-hydroxylation sites is 2. The number of nitro groups is 1. The zero-order valence-corrected chi connectivity index (χ0v) is 12.9. The molecular weight excluding hydrogens is 320 g/mol. The van der Waals surface area contributed by atoms with Gasteiger partial charge >= 0.3 is 0 Å². The van der Waals surface area contributed by atoms with Crippen LogP contribution in [0.1, 0.15) is 11.1 Å². The molecule has 7 heteroatoms. The SMILES string of the molecule is O=C1Nc2ccccc2/C1=C/c1cn[nH]c1-c1ccccc1[N+](=O)[O-]. The molecule has 0 radical (unpaired) electrons. The van der Waals surface area contributed by atoms with Crippen molar-refractivity contribution in [2.24, 2.45) is 0 Å². The summed E-state index contributed by atoms with van der Waals surface area (Å²) >= 11 is 0. The third kappa shape index (κ3) is 2.47. The molecule has 3 aromatic rings. The smallest absolute Gasteiger partial charge is 0.278 e. The number of H-pyrrole nitrogens is 1. The van der Waals surface area contributed by atoms with Crippen molar-refractivity contribution in [2.45, 2.75) is 0 Å². The molecule has 1 aliphatic rings. The Balaban J connectivity index is 1.85. The molecule has 2 heterocycles. The van der Waals surface area contributed by atoms with Gasteiger partial charge in [-0.05, 0) is 18.2 Å². The van der Waals surface area contributed by atoms with Crippen LogP contribution < -0.4 is 5.32 Å². The fraction of sp³-hybridized carbons (Fsp3) is 0. The zero-order valence-electron chi connectivity index (χ0n) is 12.9. The van der Waals surface area contributed by atoms with Crippen molar-refractivity contribution in [3.8, 4) is 11.3 Å². The zero-order chi connectivity index (χ0) is 17.4. The molecule has 0 saturated heterocycles. The Bertz CT molecular complexity index is 1040. The first kappa shape index (κ1) is 14.8. The molecule has 7 nitrogen and oxygen atoms in total. The third-order valence-electron chi connectivity index (χ3n) is 4.05. The number of nitro benzene ring substituents is 1. The van der Waals surface area contributed by atoms with E-state index in [0.29, 0.717) is 22.4 Å². The average Bonchev–Trinajstić information content (AvgIpc) is 3.20. The molecule has 4 rings (SSSR count). The highest BCUT2D eigenvalue weighted by Crippen LogP contribution is 2.36. The molecule has 1 aliphatic heterocycles. The van der Waals surface area contributed by atoms with Gasteiger partial charge in [0.1, 0.15) is 0 Å². The molecule has 0 spiro atoms. The summed E-state index contributed by atoms with van der Waals surface area (Å²) in [5.74, 6) is -0.212. The summed E-state index contributed by atoms with van der Waals surface area (Å²) in [5, 5.41) is 20.9. The predicted octanol–water partition coefficient (Wildman–Crippen LogP) is 3.48. The van der Waals surface area contributed by atoms with Crippen molar-refractivity contribution in [1.82, 2.24) is 10.2 Å². The highest BCUT2D eigenvalue weighted by Gasteiger charge is 2.25. The predicted molar refractivity (Wildman–Crippen MR) is 93.6 cm³/mol. The molecule has 0 aliphatic carbocycles. The molecule has 0 unspecified atom stereocenters. The number of carbonyl (C=O) groups is 1. The maximum atomic E-state index is 12.3. The number of benzene rings is 2. The first-order valence-electron chi connectivity index (χ1n) is 7.55. The van der Waals surface area contributed by atoms with Gasteiger partial charge in [-0.25, -0.2) is 0 Å². The number of carbonyl (C=O) groups excluding carboxylic acids is 1. The third-order valence-corrected chi connectivity index (χ3v) is 4.05. The lowest BCUT2D eigenvalue weighted by atomic mass is 10.0. The van der Waals surface area contributed by atoms with E-state index in [1.54, 1.807) is 30.5 Å². The number of nitrogens with one attached hydrogen (secondary N) is 2. The van der Waals surface area contributed by atoms with E-state index in [1.165, 1.54) is 6.07 Å². The van der Waals surface area contributed by atoms with Gasteiger partial charge in [0.05, 0.1) is 22.4 Å². The van der Waals surface area contributed by atoms with Crippen LogP contribution >= 0.6 is 0 Å². The van der Waals surface area contributed by atoms with Crippen LogP contribution in [0.3, 0.4) is 0 Å². The number of aromatic amines is 1. The van der Waals surface area contributed by atoms with Crippen LogP contribution in [0, 0.1) is 10.1 Å². The van der Waals surface area contributed by atoms with E-state index in [9.17, 15) is 14.9 Å². The molecule has 1 amide bonds. The summed E-state index contributed by atoms with van der Waals surface area (Å²) in [4.78, 5) is 23.1. The maximum absolute atomic E-state index is 12.3. The molecule has 0 atom stereocenters. The van der Waals surface area contributed by atoms with Crippen molar-refractivity contribution in [1.29, 1.82) is 0 Å². The van der Waals surface area contributed by atoms with E-state index < -0.39 is 4.92 Å². The Kier molecular flexibility index (Phi) is 3.39. The van der Waals surface area contributed by atoms with Gasteiger partial charge in [-0.15, -0.1) is 0 Å². The first-order valence-corrected chi connectivity index (χ1v) is 7.55. The number of hydrogen-bond donors (Lipinski definition) is 2. The standard InChI is InChI=1S/C18H12N4O3/c23-18-14(12-5-1-3-7-15(12)20-18)9-11-10-19-21-17(11)13-6-2-4-8-16(13)22(24)25/h1-10H,(H,19,21)(H,20,23)/b14-9-. The Morgan fingerprint density at radius 2 is 1.76 bits per heavy atom. The second-order valence-corrected chi connectivity index (χ2v) is 5.53. The van der Waals surface area contributed by atoms with Crippen molar-refractivity contribution in [3.05, 3.63) is 76.0 Å². The Morgan fingerprint density at radius 3 is 2.56 bits per heavy atom. The first-order chi connectivity index (χ1) is 12.1. The van der Waals surface area contributed by atoms with Gasteiger partial charge < -0.3 is 5.32 Å². The number of aromatic nitrogens is 2. The van der Waals surface area contributed by atoms with Crippen LogP contribution in [0.5, 0.6) is 0 Å². The van der Waals surface area contributed by atoms with Gasteiger partial charge in [0.15, 0.2) is 0 Å². The van der Waals surface area contributed by atoms with Crippen molar-refractivity contribution in [3.63, 3.8) is 0 Å². The quantitative estimate of drug-likeness (QED) is 0.435. The van der Waals surface area contributed by atoms with Crippen LogP contribution in [-0.4, -0.2) is 21.0 Å². The molecule has 0 bridgehead atoms. The average molecular weight is 332 g/mol. The number of nitrogens with zero attached hydrogens (tertiary/aromatic N) is 2. The van der Waals surface area contributed by atoms with Gasteiger partial charge in [-0.2, -0.15) is 5.10 Å². The van der Waals surface area contributed by atoms with Crippen LogP contribution in [0.2, 0.25) is 0 Å². The second-order valence-electron chi connectivity index (χ2n) is 5.53. The summed E-state index contributed by atoms with van der Waals surface area (Å²) < 4.78 is 0. The van der Waals surface area contributed by atoms with Gasteiger partial charge in [0.25, 0.3) is 11.6 Å². The molecule has 2 N–H and O–H groups in total. The summed E-state index contributed by atoms with van der Waals surface area (Å²) in [6, 6.07) is 13.8. The number of fused-ring (bicyclic) bond motifs is 1. The molecule has 0 fully saturated rings. The van der Waals surface area contributed by atoms with Crippen LogP contribution in [0.25, 0.3) is 22.9 Å².